The third-order valence-electron chi connectivity index (χ3n) is 3.71. The van der Waals surface area contributed by atoms with Crippen molar-refractivity contribution >= 4 is 12.4 Å². The second kappa shape index (κ2) is 6.92. The van der Waals surface area contributed by atoms with Gasteiger partial charge < -0.3 is 14.4 Å². The SMILES string of the molecule is CN(C(=O)OC(C)(C)C)C(CC=O)C1CCCCC1. The van der Waals surface area contributed by atoms with E-state index in [1.165, 1.54) is 19.3 Å². The lowest BCUT2D eigenvalue weighted by Crippen LogP contribution is -2.45. The zero-order valence-electron chi connectivity index (χ0n) is 12.6. The van der Waals surface area contributed by atoms with Crippen LogP contribution in [0.15, 0.2) is 0 Å². The Kier molecular flexibility index (Phi) is 5.83. The molecule has 0 saturated heterocycles. The Morgan fingerprint density at radius 2 is 1.89 bits per heavy atom. The van der Waals surface area contributed by atoms with Crippen LogP contribution in [0.4, 0.5) is 4.79 Å². The normalized spacial score (nSPS) is 18.7. The monoisotopic (exact) mass is 269 g/mol. The van der Waals surface area contributed by atoms with Crippen molar-refractivity contribution in [2.24, 2.45) is 5.92 Å². The number of hydrogen-bond acceptors (Lipinski definition) is 3. The second-order valence-corrected chi connectivity index (χ2v) is 6.46. The number of nitrogens with zero attached hydrogens (tertiary/aromatic N) is 1. The van der Waals surface area contributed by atoms with Gasteiger partial charge in [-0.2, -0.15) is 0 Å². The topological polar surface area (TPSA) is 46.6 Å². The molecule has 1 aliphatic carbocycles. The molecule has 1 unspecified atom stereocenters. The molecular formula is C15H27NO3. The maximum absolute atomic E-state index is 12.1. The summed E-state index contributed by atoms with van der Waals surface area (Å²) < 4.78 is 5.39. The lowest BCUT2D eigenvalue weighted by molar-refractivity contribution is -0.109. The van der Waals surface area contributed by atoms with Gasteiger partial charge in [-0.25, -0.2) is 4.79 Å². The maximum atomic E-state index is 12.1. The molecule has 1 rings (SSSR count). The van der Waals surface area contributed by atoms with Crippen LogP contribution >= 0.6 is 0 Å². The fourth-order valence-electron chi connectivity index (χ4n) is 2.75. The van der Waals surface area contributed by atoms with E-state index in [4.69, 9.17) is 4.74 Å². The van der Waals surface area contributed by atoms with Crippen molar-refractivity contribution < 1.29 is 14.3 Å². The lowest BCUT2D eigenvalue weighted by Gasteiger charge is -2.36. The van der Waals surface area contributed by atoms with Gasteiger partial charge in [0.2, 0.25) is 0 Å². The van der Waals surface area contributed by atoms with Crippen LogP contribution in [-0.4, -0.2) is 36.0 Å². The molecule has 1 saturated carbocycles. The molecule has 0 aromatic rings. The van der Waals surface area contributed by atoms with E-state index in [0.717, 1.165) is 19.1 Å². The van der Waals surface area contributed by atoms with Gasteiger partial charge in [0.05, 0.1) is 0 Å². The van der Waals surface area contributed by atoms with Crippen molar-refractivity contribution in [3.63, 3.8) is 0 Å². The summed E-state index contributed by atoms with van der Waals surface area (Å²) in [6.07, 6.45) is 6.85. The first-order chi connectivity index (χ1) is 8.85. The molecule has 4 heteroatoms. The summed E-state index contributed by atoms with van der Waals surface area (Å²) in [5.74, 6) is 0.427. The quantitative estimate of drug-likeness (QED) is 0.735. The summed E-state index contributed by atoms with van der Waals surface area (Å²) in [5.41, 5.74) is -0.496. The van der Waals surface area contributed by atoms with Crippen molar-refractivity contribution in [1.82, 2.24) is 4.90 Å². The third kappa shape index (κ3) is 5.21. The summed E-state index contributed by atoms with van der Waals surface area (Å²) >= 11 is 0. The molecule has 1 fully saturated rings. The summed E-state index contributed by atoms with van der Waals surface area (Å²) in [6.45, 7) is 5.57. The van der Waals surface area contributed by atoms with Gasteiger partial charge in [0, 0.05) is 19.5 Å². The predicted octanol–water partition coefficient (Wildman–Crippen LogP) is 3.39. The Morgan fingerprint density at radius 1 is 1.32 bits per heavy atom. The number of ether oxygens (including phenoxy) is 1. The molecule has 0 heterocycles. The minimum absolute atomic E-state index is 0.0207. The highest BCUT2D eigenvalue weighted by molar-refractivity contribution is 5.69. The van der Waals surface area contributed by atoms with Gasteiger partial charge in [0.1, 0.15) is 11.9 Å². The van der Waals surface area contributed by atoms with Crippen molar-refractivity contribution in [3.05, 3.63) is 0 Å². The van der Waals surface area contributed by atoms with Gasteiger partial charge >= 0.3 is 6.09 Å². The Bertz CT molecular complexity index is 303. The summed E-state index contributed by atoms with van der Waals surface area (Å²) in [4.78, 5) is 24.6. The lowest BCUT2D eigenvalue weighted by atomic mass is 9.82. The molecule has 0 radical (unpaired) electrons. The Labute approximate surface area is 116 Å². The molecule has 19 heavy (non-hydrogen) atoms. The number of hydrogen-bond donors (Lipinski definition) is 0. The minimum Gasteiger partial charge on any atom is -0.444 e. The van der Waals surface area contributed by atoms with E-state index in [2.05, 4.69) is 0 Å². The molecule has 0 N–H and O–H groups in total. The Morgan fingerprint density at radius 3 is 2.37 bits per heavy atom. The number of rotatable bonds is 4. The number of carbonyl (C=O) groups is 2. The van der Waals surface area contributed by atoms with Crippen molar-refractivity contribution in [2.75, 3.05) is 7.05 Å². The standard InChI is InChI=1S/C15H27NO3/c1-15(2,3)19-14(18)16(4)13(10-11-17)12-8-6-5-7-9-12/h11-13H,5-10H2,1-4H3. The average molecular weight is 269 g/mol. The fraction of sp³-hybridized carbons (Fsp3) is 0.867. The van der Waals surface area contributed by atoms with E-state index in [0.29, 0.717) is 12.3 Å². The zero-order valence-corrected chi connectivity index (χ0v) is 12.6. The highest BCUT2D eigenvalue weighted by Gasteiger charge is 2.31. The first-order valence-corrected chi connectivity index (χ1v) is 7.24. The third-order valence-corrected chi connectivity index (χ3v) is 3.71. The molecule has 0 bridgehead atoms. The maximum Gasteiger partial charge on any atom is 0.410 e. The molecule has 0 spiro atoms. The molecule has 0 aromatic carbocycles. The largest absolute Gasteiger partial charge is 0.444 e. The van der Waals surface area contributed by atoms with Crippen LogP contribution in [0, 0.1) is 5.92 Å². The smallest absolute Gasteiger partial charge is 0.410 e. The summed E-state index contributed by atoms with van der Waals surface area (Å²) in [7, 11) is 1.75. The van der Waals surface area contributed by atoms with E-state index in [9.17, 15) is 9.59 Å². The number of aldehydes is 1. The first-order valence-electron chi connectivity index (χ1n) is 7.24. The Balaban J connectivity index is 2.68. The van der Waals surface area contributed by atoms with Crippen LogP contribution < -0.4 is 0 Å². The highest BCUT2D eigenvalue weighted by atomic mass is 16.6. The van der Waals surface area contributed by atoms with Crippen LogP contribution in [0.2, 0.25) is 0 Å². The second-order valence-electron chi connectivity index (χ2n) is 6.46. The minimum atomic E-state index is -0.496. The van der Waals surface area contributed by atoms with Crippen molar-refractivity contribution in [1.29, 1.82) is 0 Å². The molecule has 1 atom stereocenters. The van der Waals surface area contributed by atoms with Gasteiger partial charge in [-0.15, -0.1) is 0 Å². The molecule has 0 aliphatic heterocycles. The van der Waals surface area contributed by atoms with Crippen LogP contribution in [0.25, 0.3) is 0 Å². The fourth-order valence-corrected chi connectivity index (χ4v) is 2.75. The molecule has 110 valence electrons. The predicted molar refractivity (Wildman–Crippen MR) is 75.0 cm³/mol. The molecule has 0 aromatic heterocycles. The highest BCUT2D eigenvalue weighted by Crippen LogP contribution is 2.30. The van der Waals surface area contributed by atoms with E-state index in [1.807, 2.05) is 20.8 Å². The molecular weight excluding hydrogens is 242 g/mol. The van der Waals surface area contributed by atoms with Gasteiger partial charge in [0.15, 0.2) is 0 Å². The van der Waals surface area contributed by atoms with Gasteiger partial charge in [-0.05, 0) is 39.5 Å². The van der Waals surface area contributed by atoms with Crippen molar-refractivity contribution in [2.45, 2.75) is 70.9 Å². The van der Waals surface area contributed by atoms with Gasteiger partial charge in [-0.3, -0.25) is 0 Å². The number of carbonyl (C=O) groups excluding carboxylic acids is 2. The Hall–Kier alpha value is -1.06. The summed E-state index contributed by atoms with van der Waals surface area (Å²) in [6, 6.07) is -0.0207. The van der Waals surface area contributed by atoms with Gasteiger partial charge in [0.25, 0.3) is 0 Å². The van der Waals surface area contributed by atoms with Crippen molar-refractivity contribution in [3.8, 4) is 0 Å². The first kappa shape index (κ1) is 16.0. The van der Waals surface area contributed by atoms with Crippen LogP contribution in [0.1, 0.15) is 59.3 Å². The van der Waals surface area contributed by atoms with Crippen LogP contribution in [-0.2, 0) is 9.53 Å². The number of amides is 1. The van der Waals surface area contributed by atoms with E-state index in [-0.39, 0.29) is 12.1 Å². The molecule has 1 amide bonds. The molecule has 4 nitrogen and oxygen atoms in total. The van der Waals surface area contributed by atoms with Crippen LogP contribution in [0.5, 0.6) is 0 Å². The van der Waals surface area contributed by atoms with E-state index < -0.39 is 5.60 Å². The molecule has 1 aliphatic rings. The van der Waals surface area contributed by atoms with Crippen LogP contribution in [0.3, 0.4) is 0 Å². The van der Waals surface area contributed by atoms with E-state index in [1.54, 1.807) is 11.9 Å². The average Bonchev–Trinajstić information content (AvgIpc) is 2.34. The summed E-state index contributed by atoms with van der Waals surface area (Å²) in [5, 5.41) is 0. The zero-order chi connectivity index (χ0) is 14.5. The van der Waals surface area contributed by atoms with E-state index >= 15 is 0 Å². The van der Waals surface area contributed by atoms with Gasteiger partial charge in [-0.1, -0.05) is 19.3 Å².